The van der Waals surface area contributed by atoms with Crippen LogP contribution >= 0.6 is 0 Å². The van der Waals surface area contributed by atoms with Crippen molar-refractivity contribution < 1.29 is 31.1 Å². The van der Waals surface area contributed by atoms with E-state index in [1.165, 1.54) is 13.8 Å². The topological polar surface area (TPSA) is 96.3 Å². The Morgan fingerprint density at radius 3 is 2.50 bits per heavy atom. The van der Waals surface area contributed by atoms with Crippen molar-refractivity contribution in [3.63, 3.8) is 0 Å². The third kappa shape index (κ3) is 5.21. The second-order valence-corrected chi connectivity index (χ2v) is 6.85. The fraction of sp³-hybridized carbons (Fsp3) is 0.429. The average Bonchev–Trinajstić information content (AvgIpc) is 2.49. The van der Waals surface area contributed by atoms with Gasteiger partial charge in [0.2, 0.25) is 10.0 Å². The van der Waals surface area contributed by atoms with Crippen LogP contribution in [-0.2, 0) is 25.7 Å². The van der Waals surface area contributed by atoms with Crippen molar-refractivity contribution in [2.75, 3.05) is 6.61 Å². The number of nitrogens with zero attached hydrogens (tertiary/aromatic N) is 1. The van der Waals surface area contributed by atoms with Crippen LogP contribution in [-0.4, -0.2) is 27.0 Å². The molecule has 0 bridgehead atoms. The van der Waals surface area contributed by atoms with E-state index in [2.05, 4.69) is 4.74 Å². The van der Waals surface area contributed by atoms with Crippen molar-refractivity contribution in [1.82, 2.24) is 4.72 Å². The molecule has 1 aromatic carbocycles. The molecule has 0 amide bonds. The molecule has 0 spiro atoms. The molecule has 24 heavy (non-hydrogen) atoms. The quantitative estimate of drug-likeness (QED) is 0.780. The Bertz CT molecular complexity index is 739. The number of nitriles is 1. The van der Waals surface area contributed by atoms with Gasteiger partial charge in [0, 0.05) is 0 Å². The summed E-state index contributed by atoms with van der Waals surface area (Å²) in [5.74, 6) is -1.53. The lowest BCUT2D eigenvalue weighted by Gasteiger charge is -2.20. The zero-order valence-electron chi connectivity index (χ0n) is 12.8. The van der Waals surface area contributed by atoms with Crippen LogP contribution in [0.2, 0.25) is 0 Å². The summed E-state index contributed by atoms with van der Waals surface area (Å²) in [4.78, 5) is 11.2. The Morgan fingerprint density at radius 1 is 1.38 bits per heavy atom. The average molecular weight is 364 g/mol. The van der Waals surface area contributed by atoms with Gasteiger partial charge in [-0.3, -0.25) is 4.79 Å². The van der Waals surface area contributed by atoms with E-state index in [0.29, 0.717) is 6.07 Å². The molecule has 10 heteroatoms. The minimum Gasteiger partial charge on any atom is -0.449 e. The molecule has 0 heterocycles. The van der Waals surface area contributed by atoms with Crippen molar-refractivity contribution >= 4 is 16.0 Å². The van der Waals surface area contributed by atoms with Gasteiger partial charge in [0.15, 0.2) is 6.61 Å². The summed E-state index contributed by atoms with van der Waals surface area (Å²) in [6.45, 7) is 2.48. The fourth-order valence-electron chi connectivity index (χ4n) is 1.72. The van der Waals surface area contributed by atoms with E-state index in [9.17, 15) is 26.4 Å². The molecule has 0 fully saturated rings. The van der Waals surface area contributed by atoms with Gasteiger partial charge in [-0.25, -0.2) is 8.42 Å². The number of carbonyl (C=O) groups excluding carboxylic acids is 1. The van der Waals surface area contributed by atoms with Crippen LogP contribution in [0.15, 0.2) is 29.2 Å². The van der Waals surface area contributed by atoms with Gasteiger partial charge in [0.1, 0.15) is 12.1 Å². The largest absolute Gasteiger partial charge is 0.449 e. The summed E-state index contributed by atoms with van der Waals surface area (Å²) in [6.07, 6.45) is -4.70. The van der Waals surface area contributed by atoms with Crippen LogP contribution in [0.5, 0.6) is 0 Å². The molecular weight excluding hydrogens is 349 g/mol. The summed E-state index contributed by atoms with van der Waals surface area (Å²) < 4.78 is 69.2. The highest BCUT2D eigenvalue weighted by molar-refractivity contribution is 7.89. The third-order valence-corrected chi connectivity index (χ3v) is 4.39. The van der Waals surface area contributed by atoms with Gasteiger partial charge in [-0.1, -0.05) is 19.9 Å². The van der Waals surface area contributed by atoms with E-state index in [1.54, 1.807) is 6.07 Å². The molecule has 132 valence electrons. The van der Waals surface area contributed by atoms with Crippen molar-refractivity contribution in [3.8, 4) is 6.07 Å². The summed E-state index contributed by atoms with van der Waals surface area (Å²) in [5, 5.41) is 8.38. The maximum absolute atomic E-state index is 12.7. The zero-order chi connectivity index (χ0) is 18.5. The standard InChI is InChI=1S/C14H15F3N2O4S/c1-9(2)12(13(20)23-7-6-18)19-24(21,22)11-5-3-4-10(8-11)14(15,16)17/h3-5,8-9,12,19H,7H2,1-2H3. The van der Waals surface area contributed by atoms with Crippen LogP contribution in [0.3, 0.4) is 0 Å². The van der Waals surface area contributed by atoms with Crippen molar-refractivity contribution in [2.45, 2.75) is 31.0 Å². The van der Waals surface area contributed by atoms with Crippen molar-refractivity contribution in [1.29, 1.82) is 5.26 Å². The molecule has 1 atom stereocenters. The molecule has 0 saturated heterocycles. The van der Waals surface area contributed by atoms with Gasteiger partial charge in [-0.15, -0.1) is 0 Å². The Balaban J connectivity index is 3.11. The van der Waals surface area contributed by atoms with E-state index in [1.807, 2.05) is 4.72 Å². The maximum atomic E-state index is 12.7. The number of hydrogen-bond donors (Lipinski definition) is 1. The lowest BCUT2D eigenvalue weighted by Crippen LogP contribution is -2.45. The summed E-state index contributed by atoms with van der Waals surface area (Å²) >= 11 is 0. The SMILES string of the molecule is CC(C)C(NS(=O)(=O)c1cccc(C(F)(F)F)c1)C(=O)OCC#N. The molecular formula is C14H15F3N2O4S. The Labute approximate surface area is 137 Å². The number of esters is 1. The van der Waals surface area contributed by atoms with E-state index < -0.39 is 51.2 Å². The first-order valence-electron chi connectivity index (χ1n) is 6.72. The summed E-state index contributed by atoms with van der Waals surface area (Å²) in [6, 6.07) is 3.38. The molecule has 0 saturated carbocycles. The molecule has 0 aliphatic heterocycles. The van der Waals surface area contributed by atoms with E-state index in [4.69, 9.17) is 5.26 Å². The number of hydrogen-bond acceptors (Lipinski definition) is 5. The van der Waals surface area contributed by atoms with Crippen molar-refractivity contribution in [2.24, 2.45) is 5.92 Å². The van der Waals surface area contributed by atoms with Crippen molar-refractivity contribution in [3.05, 3.63) is 29.8 Å². The van der Waals surface area contributed by atoms with E-state index in [0.717, 1.165) is 18.2 Å². The van der Waals surface area contributed by atoms with Gasteiger partial charge >= 0.3 is 12.1 Å². The molecule has 1 aromatic rings. The van der Waals surface area contributed by atoms with Crippen LogP contribution in [0.25, 0.3) is 0 Å². The van der Waals surface area contributed by atoms with Gasteiger partial charge in [0.25, 0.3) is 0 Å². The lowest BCUT2D eigenvalue weighted by atomic mass is 10.1. The second-order valence-electron chi connectivity index (χ2n) is 5.13. The third-order valence-electron chi connectivity index (χ3n) is 2.95. The molecule has 1 unspecified atom stereocenters. The molecule has 6 nitrogen and oxygen atoms in total. The van der Waals surface area contributed by atoms with Crippen LogP contribution in [0.4, 0.5) is 13.2 Å². The maximum Gasteiger partial charge on any atom is 0.416 e. The highest BCUT2D eigenvalue weighted by Gasteiger charge is 2.33. The molecule has 0 aliphatic rings. The monoisotopic (exact) mass is 364 g/mol. The predicted octanol–water partition coefficient (Wildman–Crippen LogP) is 2.08. The number of sulfonamides is 1. The minimum atomic E-state index is -4.70. The number of benzene rings is 1. The van der Waals surface area contributed by atoms with Crippen LogP contribution < -0.4 is 4.72 Å². The normalized spacial score (nSPS) is 13.4. The molecule has 0 aromatic heterocycles. The van der Waals surface area contributed by atoms with E-state index in [-0.39, 0.29) is 0 Å². The number of rotatable bonds is 6. The zero-order valence-corrected chi connectivity index (χ0v) is 13.6. The first kappa shape index (κ1) is 19.9. The fourth-order valence-corrected chi connectivity index (χ4v) is 3.10. The van der Waals surface area contributed by atoms with Gasteiger partial charge in [-0.05, 0) is 24.1 Å². The Hall–Kier alpha value is -2.12. The van der Waals surface area contributed by atoms with Gasteiger partial charge < -0.3 is 4.74 Å². The highest BCUT2D eigenvalue weighted by atomic mass is 32.2. The number of ether oxygens (including phenoxy) is 1. The molecule has 0 radical (unpaired) electrons. The Morgan fingerprint density at radius 2 is 2.00 bits per heavy atom. The predicted molar refractivity (Wildman–Crippen MR) is 77.0 cm³/mol. The smallest absolute Gasteiger partial charge is 0.416 e. The number of carbonyl (C=O) groups is 1. The number of halogens is 3. The summed E-state index contributed by atoms with van der Waals surface area (Å²) in [5.41, 5.74) is -1.13. The first-order valence-corrected chi connectivity index (χ1v) is 8.20. The number of nitrogens with one attached hydrogen (secondary N) is 1. The van der Waals surface area contributed by atoms with Crippen LogP contribution in [0, 0.1) is 17.2 Å². The van der Waals surface area contributed by atoms with E-state index >= 15 is 0 Å². The molecule has 1 N–H and O–H groups in total. The molecule has 0 aliphatic carbocycles. The second kappa shape index (κ2) is 7.63. The highest BCUT2D eigenvalue weighted by Crippen LogP contribution is 2.30. The summed E-state index contributed by atoms with van der Waals surface area (Å²) in [7, 11) is -4.39. The Kier molecular flexibility index (Phi) is 6.34. The number of alkyl halides is 3. The van der Waals surface area contributed by atoms with Gasteiger partial charge in [-0.2, -0.15) is 23.2 Å². The van der Waals surface area contributed by atoms with Crippen LogP contribution in [0.1, 0.15) is 19.4 Å². The first-order chi connectivity index (χ1) is 11.0. The molecule has 1 rings (SSSR count). The van der Waals surface area contributed by atoms with Gasteiger partial charge in [0.05, 0.1) is 10.5 Å². The lowest BCUT2D eigenvalue weighted by molar-refractivity contribution is -0.145. The minimum absolute atomic E-state index is 0.473.